The Hall–Kier alpha value is -5.64. The number of nitrogens with one attached hydrogen (secondary N) is 1. The molecule has 0 aliphatic heterocycles. The standard InChI is InChI=1S/C19H15F2O2P.C19H17O2P.C9H6F3N3.Ir/c20-16-11-10-14(18(21)13-16)12-15-6-4-5-9-19(15)24(22,23)17-7-2-1-3-8-17;20-22(21,18-12-5-2-6-13-18)19-14-8-7-11-17(19)15-16-9-3-1-4-10-16;10-9(11,12)8-5-7(14-15-8)6-3-1-2-4-13-6;/h1-11,13H,12H2,(H,22,23);1-14H,15H2,(H,20,21);1-5H,(H,14,15);/q;;;+3/p-2. The quantitative estimate of drug-likeness (QED) is 0.114. The molecule has 6 aromatic carbocycles. The third kappa shape index (κ3) is 12.3. The molecule has 0 radical (unpaired) electrons. The molecule has 8 aromatic rings. The number of alkyl halides is 3. The Morgan fingerprint density at radius 3 is 1.50 bits per heavy atom. The maximum absolute atomic E-state index is 13.9. The maximum atomic E-state index is 13.9. The molecule has 7 nitrogen and oxygen atoms in total. The Bertz CT molecular complexity index is 2760. The van der Waals surface area contributed by atoms with Gasteiger partial charge in [-0.25, -0.2) is 8.78 Å². The number of hydrogen-bond acceptors (Lipinski definition) is 6. The molecule has 15 heteroatoms. The van der Waals surface area contributed by atoms with E-state index in [4.69, 9.17) is 0 Å². The summed E-state index contributed by atoms with van der Waals surface area (Å²) in [7, 11) is -7.86. The van der Waals surface area contributed by atoms with Crippen LogP contribution in [-0.4, -0.2) is 15.2 Å². The predicted molar refractivity (Wildman–Crippen MR) is 225 cm³/mol. The van der Waals surface area contributed by atoms with Crippen molar-refractivity contribution in [2.75, 3.05) is 0 Å². The van der Waals surface area contributed by atoms with Crippen LogP contribution < -0.4 is 31.0 Å². The minimum absolute atomic E-state index is 0. The molecule has 0 saturated heterocycles. The largest absolute Gasteiger partial charge is 3.00 e. The van der Waals surface area contributed by atoms with Crippen LogP contribution in [0.25, 0.3) is 11.4 Å². The molecule has 0 spiro atoms. The average Bonchev–Trinajstić information content (AvgIpc) is 3.79. The van der Waals surface area contributed by atoms with Crippen LogP contribution in [0.1, 0.15) is 27.9 Å². The van der Waals surface area contributed by atoms with Gasteiger partial charge in [-0.05, 0) is 52.9 Å². The van der Waals surface area contributed by atoms with Gasteiger partial charge in [-0.3, -0.25) is 10.1 Å². The molecular weight excluding hydrogens is 1020 g/mol. The van der Waals surface area contributed by atoms with Gasteiger partial charge in [-0.2, -0.15) is 18.3 Å². The Balaban J connectivity index is 0.000000179. The minimum atomic E-state index is -4.40. The molecular formula is C47H36F5IrN3O4P2+. The van der Waals surface area contributed by atoms with Crippen LogP contribution in [0.4, 0.5) is 22.0 Å². The monoisotopic (exact) mass is 1060 g/mol. The van der Waals surface area contributed by atoms with Gasteiger partial charge in [-0.1, -0.05) is 152 Å². The van der Waals surface area contributed by atoms with Crippen LogP contribution in [0, 0.1) is 11.6 Å². The third-order valence-electron chi connectivity index (χ3n) is 9.25. The molecule has 0 fully saturated rings. The Morgan fingerprint density at radius 1 is 0.532 bits per heavy atom. The van der Waals surface area contributed by atoms with Gasteiger partial charge in [0, 0.05) is 39.9 Å². The van der Waals surface area contributed by atoms with Crippen molar-refractivity contribution >= 4 is 36.0 Å². The van der Waals surface area contributed by atoms with E-state index >= 15 is 0 Å². The van der Waals surface area contributed by atoms with Crippen LogP contribution in [0.3, 0.4) is 0 Å². The van der Waals surface area contributed by atoms with E-state index in [2.05, 4.69) is 10.1 Å². The number of hydrogen-bond donors (Lipinski definition) is 1. The Kier molecular flexibility index (Phi) is 16.4. The summed E-state index contributed by atoms with van der Waals surface area (Å²) in [5.41, 5.74) is 2.37. The number of H-pyrrole nitrogens is 1. The number of halogens is 5. The molecule has 1 N–H and O–H groups in total. The van der Waals surface area contributed by atoms with Crippen molar-refractivity contribution in [3.05, 3.63) is 228 Å². The van der Waals surface area contributed by atoms with E-state index in [1.807, 2.05) is 53.6 Å². The van der Waals surface area contributed by atoms with Crippen molar-refractivity contribution < 1.29 is 61.0 Å². The zero-order valence-electron chi connectivity index (χ0n) is 32.5. The van der Waals surface area contributed by atoms with Gasteiger partial charge in [0.05, 0.1) is 20.4 Å². The van der Waals surface area contributed by atoms with Crippen LogP contribution in [-0.2, 0) is 48.3 Å². The van der Waals surface area contributed by atoms with Crippen molar-refractivity contribution in [2.24, 2.45) is 0 Å². The number of pyridine rings is 1. The number of nitrogens with zero attached hydrogens (tertiary/aromatic N) is 2. The van der Waals surface area contributed by atoms with E-state index < -0.39 is 38.2 Å². The van der Waals surface area contributed by atoms with Gasteiger partial charge in [0.15, 0.2) is 0 Å². The second kappa shape index (κ2) is 21.4. The molecule has 0 bridgehead atoms. The summed E-state index contributed by atoms with van der Waals surface area (Å²) in [5.74, 6) is -1.35. The normalized spacial score (nSPS) is 12.8. The Labute approximate surface area is 368 Å². The fourth-order valence-corrected chi connectivity index (χ4v) is 9.53. The van der Waals surface area contributed by atoms with Gasteiger partial charge in [0.25, 0.3) is 0 Å². The van der Waals surface area contributed by atoms with Crippen molar-refractivity contribution in [3.63, 3.8) is 0 Å². The summed E-state index contributed by atoms with van der Waals surface area (Å²) in [6, 6.07) is 49.5. The van der Waals surface area contributed by atoms with Gasteiger partial charge in [0.1, 0.15) is 23.0 Å². The Morgan fingerprint density at radius 2 is 1.02 bits per heavy atom. The molecule has 2 atom stereocenters. The molecule has 0 aliphatic rings. The molecule has 2 aromatic heterocycles. The first-order valence-electron chi connectivity index (χ1n) is 18.7. The van der Waals surface area contributed by atoms with Crippen LogP contribution >= 0.6 is 14.7 Å². The van der Waals surface area contributed by atoms with Crippen molar-refractivity contribution in [1.29, 1.82) is 0 Å². The summed E-state index contributed by atoms with van der Waals surface area (Å²) >= 11 is 0. The zero-order chi connectivity index (χ0) is 43.5. The zero-order valence-corrected chi connectivity index (χ0v) is 36.6. The number of aromatic nitrogens is 3. The summed E-state index contributed by atoms with van der Waals surface area (Å²) < 4.78 is 89.3. The summed E-state index contributed by atoms with van der Waals surface area (Å²) in [6.45, 7) is 0. The van der Waals surface area contributed by atoms with Crippen molar-refractivity contribution in [2.45, 2.75) is 19.0 Å². The maximum Gasteiger partial charge on any atom is 3.00 e. The first-order valence-corrected chi connectivity index (χ1v) is 21.9. The first-order chi connectivity index (χ1) is 29.2. The average molecular weight is 1060 g/mol. The van der Waals surface area contributed by atoms with Crippen LogP contribution in [0.15, 0.2) is 188 Å². The van der Waals surface area contributed by atoms with Gasteiger partial charge < -0.3 is 18.9 Å². The van der Waals surface area contributed by atoms with E-state index in [0.29, 0.717) is 28.3 Å². The van der Waals surface area contributed by atoms with E-state index in [9.17, 15) is 40.9 Å². The van der Waals surface area contributed by atoms with Crippen molar-refractivity contribution in [1.82, 2.24) is 15.2 Å². The SMILES string of the molecule is FC(F)(F)c1cc(-c2ccccn2)n[nH]1.O=P([O-])(c1ccccc1)c1ccccc1Cc1ccc(F)cc1F.O=P([O-])(c1ccccc1)c1ccccc1Cc1ccccc1.[Ir+3]. The molecule has 2 unspecified atom stereocenters. The fourth-order valence-electron chi connectivity index (χ4n) is 6.22. The van der Waals surface area contributed by atoms with Crippen LogP contribution in [0.2, 0.25) is 0 Å². The molecule has 0 aliphatic carbocycles. The molecule has 62 heavy (non-hydrogen) atoms. The number of benzene rings is 6. The predicted octanol–water partition coefficient (Wildman–Crippen LogP) is 8.50. The third-order valence-corrected chi connectivity index (χ3v) is 13.4. The minimum Gasteiger partial charge on any atom is -0.793 e. The summed E-state index contributed by atoms with van der Waals surface area (Å²) in [6.07, 6.45) is -2.23. The van der Waals surface area contributed by atoms with Gasteiger partial charge >= 0.3 is 26.3 Å². The van der Waals surface area contributed by atoms with E-state index in [0.717, 1.165) is 29.3 Å². The van der Waals surface area contributed by atoms with E-state index in [-0.39, 0.29) is 48.4 Å². The second-order valence-electron chi connectivity index (χ2n) is 13.5. The summed E-state index contributed by atoms with van der Waals surface area (Å²) in [5, 5.41) is 6.60. The number of rotatable bonds is 9. The van der Waals surface area contributed by atoms with E-state index in [1.54, 1.807) is 91.0 Å². The fraction of sp³-hybridized carbons (Fsp3) is 0.0638. The molecule has 0 saturated carbocycles. The smallest absolute Gasteiger partial charge is 0.793 e. The second-order valence-corrected chi connectivity index (χ2v) is 17.7. The summed E-state index contributed by atoms with van der Waals surface area (Å²) in [4.78, 5) is 29.6. The molecule has 8 rings (SSSR count). The van der Waals surface area contributed by atoms with Gasteiger partial charge in [-0.15, -0.1) is 0 Å². The van der Waals surface area contributed by atoms with Gasteiger partial charge in [0.2, 0.25) is 0 Å². The number of aromatic amines is 1. The first kappa shape index (κ1) is 47.4. The van der Waals surface area contributed by atoms with E-state index in [1.165, 1.54) is 30.5 Å². The van der Waals surface area contributed by atoms with Crippen LogP contribution in [0.5, 0.6) is 0 Å². The molecule has 316 valence electrons. The molecule has 2 heterocycles. The molecule has 0 amide bonds. The van der Waals surface area contributed by atoms with Crippen molar-refractivity contribution in [3.8, 4) is 11.4 Å². The topological polar surface area (TPSA) is 122 Å².